The zero-order valence-electron chi connectivity index (χ0n) is 17.6. The molecule has 1 saturated heterocycles. The Hall–Kier alpha value is -2.10. The summed E-state index contributed by atoms with van der Waals surface area (Å²) in [5, 5.41) is 16.3. The number of carbonyl (C=O) groups is 2. The van der Waals surface area contributed by atoms with Crippen LogP contribution >= 0.6 is 11.6 Å². The molecule has 2 amide bonds. The molecule has 7 heteroatoms. The normalized spacial score (nSPS) is 20.7. The number of likely N-dealkylation sites (tertiary alicyclic amines) is 1. The van der Waals surface area contributed by atoms with Gasteiger partial charge in [0.05, 0.1) is 6.07 Å². The Kier molecular flexibility index (Phi) is 7.74. The summed E-state index contributed by atoms with van der Waals surface area (Å²) in [7, 11) is 2.02. The van der Waals surface area contributed by atoms with E-state index in [0.717, 1.165) is 25.9 Å². The van der Waals surface area contributed by atoms with Crippen LogP contribution in [0.4, 0.5) is 0 Å². The van der Waals surface area contributed by atoms with Crippen molar-refractivity contribution in [1.82, 2.24) is 15.5 Å². The van der Waals surface area contributed by atoms with Crippen molar-refractivity contribution < 1.29 is 9.59 Å². The average molecular weight is 431 g/mol. The lowest BCUT2D eigenvalue weighted by Gasteiger charge is -2.37. The minimum Gasteiger partial charge on any atom is -0.340 e. The van der Waals surface area contributed by atoms with Gasteiger partial charge in [-0.1, -0.05) is 43.7 Å². The maximum Gasteiger partial charge on any atom is 0.251 e. The van der Waals surface area contributed by atoms with Crippen molar-refractivity contribution in [3.63, 3.8) is 0 Å². The van der Waals surface area contributed by atoms with Crippen molar-refractivity contribution in [2.75, 3.05) is 20.1 Å². The van der Waals surface area contributed by atoms with Gasteiger partial charge in [-0.15, -0.1) is 0 Å². The number of nitrogens with zero attached hydrogens (tertiary/aromatic N) is 2. The summed E-state index contributed by atoms with van der Waals surface area (Å²) in [6.07, 6.45) is 7.50. The van der Waals surface area contributed by atoms with Gasteiger partial charge < -0.3 is 15.5 Å². The van der Waals surface area contributed by atoms with Gasteiger partial charge in [-0.2, -0.15) is 5.26 Å². The summed E-state index contributed by atoms with van der Waals surface area (Å²) < 4.78 is 0. The van der Waals surface area contributed by atoms with Gasteiger partial charge in [-0.3, -0.25) is 9.59 Å². The van der Waals surface area contributed by atoms with Crippen LogP contribution < -0.4 is 10.6 Å². The van der Waals surface area contributed by atoms with E-state index in [1.54, 1.807) is 24.3 Å². The second-order valence-electron chi connectivity index (χ2n) is 8.76. The quantitative estimate of drug-likeness (QED) is 0.723. The van der Waals surface area contributed by atoms with Crippen molar-refractivity contribution in [3.05, 3.63) is 34.9 Å². The van der Waals surface area contributed by atoms with E-state index in [1.807, 2.05) is 7.05 Å². The third-order valence-electron chi connectivity index (χ3n) is 6.44. The fourth-order valence-electron chi connectivity index (χ4n) is 4.42. The lowest BCUT2D eigenvalue weighted by Crippen LogP contribution is -2.58. The maximum atomic E-state index is 13.2. The Morgan fingerprint density at radius 2 is 1.83 bits per heavy atom. The van der Waals surface area contributed by atoms with E-state index >= 15 is 0 Å². The second kappa shape index (κ2) is 10.3. The molecule has 2 N–H and O–H groups in total. The van der Waals surface area contributed by atoms with E-state index in [2.05, 4.69) is 21.6 Å². The molecule has 1 aliphatic heterocycles. The highest BCUT2D eigenvalue weighted by molar-refractivity contribution is 6.30. The highest BCUT2D eigenvalue weighted by Gasteiger charge is 2.38. The number of nitriles is 1. The Morgan fingerprint density at radius 1 is 1.20 bits per heavy atom. The van der Waals surface area contributed by atoms with Crippen molar-refractivity contribution >= 4 is 23.4 Å². The van der Waals surface area contributed by atoms with Gasteiger partial charge in [0.25, 0.3) is 5.91 Å². The van der Waals surface area contributed by atoms with Crippen LogP contribution in [0.2, 0.25) is 5.02 Å². The first-order valence-corrected chi connectivity index (χ1v) is 11.3. The van der Waals surface area contributed by atoms with Crippen LogP contribution in [-0.4, -0.2) is 48.4 Å². The second-order valence-corrected chi connectivity index (χ2v) is 9.20. The number of amides is 2. The van der Waals surface area contributed by atoms with Crippen molar-refractivity contribution in [1.29, 1.82) is 5.26 Å². The molecule has 0 radical (unpaired) electrons. The van der Waals surface area contributed by atoms with Crippen LogP contribution in [0.3, 0.4) is 0 Å². The first-order chi connectivity index (χ1) is 14.4. The third kappa shape index (κ3) is 5.96. The molecule has 1 unspecified atom stereocenters. The highest BCUT2D eigenvalue weighted by atomic mass is 35.5. The minimum absolute atomic E-state index is 0.256. The van der Waals surface area contributed by atoms with E-state index in [4.69, 9.17) is 11.6 Å². The Morgan fingerprint density at radius 3 is 2.43 bits per heavy atom. The lowest BCUT2D eigenvalue weighted by molar-refractivity contribution is -0.125. The van der Waals surface area contributed by atoms with E-state index < -0.39 is 11.6 Å². The number of rotatable bonds is 6. The maximum absolute atomic E-state index is 13.2. The summed E-state index contributed by atoms with van der Waals surface area (Å²) >= 11 is 5.92. The van der Waals surface area contributed by atoms with E-state index in [1.165, 1.54) is 19.3 Å². The fraction of sp³-hybridized carbons (Fsp3) is 0.609. The number of benzene rings is 1. The van der Waals surface area contributed by atoms with Crippen molar-refractivity contribution in [2.45, 2.75) is 62.9 Å². The van der Waals surface area contributed by atoms with Crippen LogP contribution in [-0.2, 0) is 4.79 Å². The Bertz CT molecular complexity index is 775. The van der Waals surface area contributed by atoms with Gasteiger partial charge in [-0.05, 0) is 56.5 Å². The van der Waals surface area contributed by atoms with Crippen LogP contribution in [0.25, 0.3) is 0 Å². The Labute approximate surface area is 184 Å². The number of carbonyl (C=O) groups excluding carboxylic acids is 2. The van der Waals surface area contributed by atoms with Crippen LogP contribution in [0.1, 0.15) is 61.7 Å². The van der Waals surface area contributed by atoms with Crippen molar-refractivity contribution in [3.8, 4) is 6.07 Å². The predicted molar refractivity (Wildman–Crippen MR) is 117 cm³/mol. The van der Waals surface area contributed by atoms with Gasteiger partial charge in [0.2, 0.25) is 5.91 Å². The first kappa shape index (κ1) is 22.6. The molecule has 3 rings (SSSR count). The number of nitrogens with one attached hydrogen (secondary N) is 2. The van der Waals surface area contributed by atoms with Crippen LogP contribution in [0, 0.1) is 17.2 Å². The summed E-state index contributed by atoms with van der Waals surface area (Å²) in [6.45, 7) is 1.52. The predicted octanol–water partition coefficient (Wildman–Crippen LogP) is 3.51. The molecule has 1 heterocycles. The standard InChI is InChI=1S/C23H31ClN4O2/c1-28-13-11-23(16-25,12-14-28)27-22(30)20(15-17-5-3-2-4-6-17)26-21(29)18-7-9-19(24)10-8-18/h7-10,17,20H,2-6,11-15H2,1H3,(H,26,29)(H,27,30). The van der Waals surface area contributed by atoms with E-state index in [-0.39, 0.29) is 11.8 Å². The zero-order chi connectivity index (χ0) is 21.6. The van der Waals surface area contributed by atoms with E-state index in [9.17, 15) is 14.9 Å². The molecule has 162 valence electrons. The molecule has 0 bridgehead atoms. The molecule has 0 spiro atoms. The Balaban J connectivity index is 1.72. The summed E-state index contributed by atoms with van der Waals surface area (Å²) in [5.41, 5.74) is -0.394. The number of hydrogen-bond donors (Lipinski definition) is 2. The molecule has 1 aliphatic carbocycles. The zero-order valence-corrected chi connectivity index (χ0v) is 18.4. The van der Waals surface area contributed by atoms with Crippen LogP contribution in [0.5, 0.6) is 0 Å². The molecular weight excluding hydrogens is 400 g/mol. The summed E-state index contributed by atoms with van der Waals surface area (Å²) in [6, 6.07) is 8.31. The van der Waals surface area contributed by atoms with Crippen LogP contribution in [0.15, 0.2) is 24.3 Å². The SMILES string of the molecule is CN1CCC(C#N)(NC(=O)C(CC2CCCCC2)NC(=O)c2ccc(Cl)cc2)CC1. The topological polar surface area (TPSA) is 85.2 Å². The molecular formula is C23H31ClN4O2. The average Bonchev–Trinajstić information content (AvgIpc) is 2.76. The number of piperidine rings is 1. The molecule has 6 nitrogen and oxygen atoms in total. The minimum atomic E-state index is -0.862. The molecule has 1 aromatic carbocycles. The molecule has 2 fully saturated rings. The third-order valence-corrected chi connectivity index (χ3v) is 6.69. The highest BCUT2D eigenvalue weighted by Crippen LogP contribution is 2.28. The molecule has 30 heavy (non-hydrogen) atoms. The van der Waals surface area contributed by atoms with Gasteiger partial charge in [0, 0.05) is 23.7 Å². The molecule has 0 aromatic heterocycles. The lowest BCUT2D eigenvalue weighted by atomic mass is 9.84. The summed E-state index contributed by atoms with van der Waals surface area (Å²) in [5.74, 6) is -0.137. The molecule has 1 aromatic rings. The molecule has 1 atom stereocenters. The smallest absolute Gasteiger partial charge is 0.251 e. The monoisotopic (exact) mass is 430 g/mol. The van der Waals surface area contributed by atoms with Gasteiger partial charge in [0.15, 0.2) is 0 Å². The largest absolute Gasteiger partial charge is 0.340 e. The van der Waals surface area contributed by atoms with Gasteiger partial charge in [0.1, 0.15) is 11.6 Å². The number of hydrogen-bond acceptors (Lipinski definition) is 4. The van der Waals surface area contributed by atoms with Crippen molar-refractivity contribution in [2.24, 2.45) is 5.92 Å². The number of halogens is 1. The van der Waals surface area contributed by atoms with Gasteiger partial charge in [-0.25, -0.2) is 0 Å². The fourth-order valence-corrected chi connectivity index (χ4v) is 4.54. The first-order valence-electron chi connectivity index (χ1n) is 10.9. The van der Waals surface area contributed by atoms with Gasteiger partial charge >= 0.3 is 0 Å². The molecule has 2 aliphatic rings. The summed E-state index contributed by atoms with van der Waals surface area (Å²) in [4.78, 5) is 28.2. The molecule has 1 saturated carbocycles. The van der Waals surface area contributed by atoms with E-state index in [0.29, 0.717) is 35.8 Å².